The number of halogens is 1. The summed E-state index contributed by atoms with van der Waals surface area (Å²) in [6.07, 6.45) is 8.66. The molecule has 36 heavy (non-hydrogen) atoms. The molecular formula is C25H29FN6O4. The number of alkyl carbamates (subject to hydrolysis) is 1. The van der Waals surface area contributed by atoms with Crippen molar-refractivity contribution in [2.75, 3.05) is 11.4 Å². The van der Waals surface area contributed by atoms with Gasteiger partial charge in [-0.3, -0.25) is 4.98 Å². The van der Waals surface area contributed by atoms with Gasteiger partial charge in [0.15, 0.2) is 5.65 Å². The van der Waals surface area contributed by atoms with Gasteiger partial charge in [0.05, 0.1) is 24.1 Å². The summed E-state index contributed by atoms with van der Waals surface area (Å²) in [4.78, 5) is 34.5. The lowest BCUT2D eigenvalue weighted by molar-refractivity contribution is 0.0517. The Bertz CT molecular complexity index is 1320. The molecule has 2 N–H and O–H groups in total. The molecule has 0 radical (unpaired) electrons. The highest BCUT2D eigenvalue weighted by atomic mass is 19.1. The van der Waals surface area contributed by atoms with Crippen molar-refractivity contribution in [3.05, 3.63) is 59.4 Å². The van der Waals surface area contributed by atoms with E-state index in [0.717, 1.165) is 19.0 Å². The number of fused-ring (bicyclic) bond motifs is 1. The Morgan fingerprint density at radius 1 is 1.33 bits per heavy atom. The van der Waals surface area contributed by atoms with Crippen LogP contribution in [0, 0.1) is 5.82 Å². The summed E-state index contributed by atoms with van der Waals surface area (Å²) in [7, 11) is 0. The van der Waals surface area contributed by atoms with Crippen molar-refractivity contribution in [2.24, 2.45) is 0 Å². The van der Waals surface area contributed by atoms with E-state index in [0.29, 0.717) is 23.6 Å². The predicted octanol–water partition coefficient (Wildman–Crippen LogP) is 4.23. The molecule has 1 fully saturated rings. The number of amides is 1. The number of anilines is 1. The summed E-state index contributed by atoms with van der Waals surface area (Å²) >= 11 is 0. The molecular weight excluding hydrogens is 467 g/mol. The Labute approximate surface area is 207 Å². The average Bonchev–Trinajstić information content (AvgIpc) is 3.43. The van der Waals surface area contributed by atoms with Gasteiger partial charge in [-0.1, -0.05) is 6.08 Å². The van der Waals surface area contributed by atoms with Crippen LogP contribution in [0.1, 0.15) is 68.2 Å². The van der Waals surface area contributed by atoms with Crippen LogP contribution in [-0.4, -0.2) is 54.9 Å². The summed E-state index contributed by atoms with van der Waals surface area (Å²) in [5, 5.41) is 16.2. The van der Waals surface area contributed by atoms with E-state index in [9.17, 15) is 19.1 Å². The number of hydrogen-bond acceptors (Lipinski definition) is 7. The average molecular weight is 497 g/mol. The van der Waals surface area contributed by atoms with Gasteiger partial charge in [-0.15, -0.1) is 0 Å². The Morgan fingerprint density at radius 2 is 2.11 bits per heavy atom. The summed E-state index contributed by atoms with van der Waals surface area (Å²) in [5.41, 5.74) is 0.898. The van der Waals surface area contributed by atoms with E-state index < -0.39 is 23.5 Å². The maximum atomic E-state index is 14.3. The zero-order valence-corrected chi connectivity index (χ0v) is 20.6. The van der Waals surface area contributed by atoms with Crippen molar-refractivity contribution in [1.82, 2.24) is 24.9 Å². The smallest absolute Gasteiger partial charge is 0.408 e. The zero-order valence-electron chi connectivity index (χ0n) is 20.6. The van der Waals surface area contributed by atoms with Crippen LogP contribution in [0.5, 0.6) is 0 Å². The van der Waals surface area contributed by atoms with E-state index in [1.54, 1.807) is 52.1 Å². The molecule has 1 amide bonds. The summed E-state index contributed by atoms with van der Waals surface area (Å²) in [6, 6.07) is 2.66. The topological polar surface area (TPSA) is 122 Å². The van der Waals surface area contributed by atoms with Gasteiger partial charge in [0.25, 0.3) is 0 Å². The molecule has 1 saturated heterocycles. The quantitative estimate of drug-likeness (QED) is 0.520. The lowest BCUT2D eigenvalue weighted by atomic mass is 10.0. The zero-order chi connectivity index (χ0) is 26.0. The van der Waals surface area contributed by atoms with Crippen LogP contribution in [0.4, 0.5) is 15.0 Å². The highest BCUT2D eigenvalue weighted by molar-refractivity contribution is 5.94. The molecule has 1 aliphatic rings. The van der Waals surface area contributed by atoms with Gasteiger partial charge in [-0.05, 0) is 58.7 Å². The van der Waals surface area contributed by atoms with Crippen LogP contribution in [0.2, 0.25) is 0 Å². The van der Waals surface area contributed by atoms with Crippen molar-refractivity contribution < 1.29 is 23.8 Å². The number of carbonyl (C=O) groups excluding carboxylic acids is 1. The number of pyridine rings is 1. The Balaban J connectivity index is 1.60. The van der Waals surface area contributed by atoms with E-state index >= 15 is 0 Å². The maximum Gasteiger partial charge on any atom is 0.408 e. The number of nitrogens with zero attached hydrogens (tertiary/aromatic N) is 5. The van der Waals surface area contributed by atoms with Gasteiger partial charge in [-0.25, -0.2) is 23.5 Å². The van der Waals surface area contributed by atoms with Crippen molar-refractivity contribution in [3.63, 3.8) is 0 Å². The normalized spacial score (nSPS) is 17.0. The number of aromatic nitrogens is 4. The largest absolute Gasteiger partial charge is 0.477 e. The molecule has 10 nitrogen and oxygen atoms in total. The Hall–Kier alpha value is -4.02. The maximum absolute atomic E-state index is 14.3. The minimum atomic E-state index is -1.11. The second kappa shape index (κ2) is 9.92. The van der Waals surface area contributed by atoms with E-state index in [-0.39, 0.29) is 23.3 Å². The number of carboxylic acids is 1. The van der Waals surface area contributed by atoms with E-state index in [1.165, 1.54) is 16.8 Å². The number of carbonyl (C=O) groups is 2. The molecule has 1 aliphatic heterocycles. The van der Waals surface area contributed by atoms with Gasteiger partial charge < -0.3 is 20.1 Å². The first-order valence-electron chi connectivity index (χ1n) is 11.7. The second-order valence-corrected chi connectivity index (χ2v) is 9.69. The number of nitrogens with one attached hydrogen (secondary N) is 1. The number of aromatic carboxylic acids is 1. The van der Waals surface area contributed by atoms with Gasteiger partial charge in [0.1, 0.15) is 22.8 Å². The van der Waals surface area contributed by atoms with Crippen LogP contribution in [0.15, 0.2) is 36.8 Å². The molecule has 0 aromatic carbocycles. The first-order chi connectivity index (χ1) is 17.0. The number of ether oxygens (including phenoxy) is 1. The third-order valence-electron chi connectivity index (χ3n) is 5.69. The van der Waals surface area contributed by atoms with Crippen molar-refractivity contribution >= 4 is 29.6 Å². The molecule has 0 bridgehead atoms. The third kappa shape index (κ3) is 5.61. The summed E-state index contributed by atoms with van der Waals surface area (Å²) < 4.78 is 21.0. The summed E-state index contributed by atoms with van der Waals surface area (Å²) in [6.45, 7) is 7.84. The molecule has 3 aromatic heterocycles. The SMILES string of the molecule is C[C@H](/C=C\c1ncc(F)cc1C1CCCN1c1ccn2ncc(C(=O)O)c2n1)NC(=O)OC(C)(C)C. The third-order valence-corrected chi connectivity index (χ3v) is 5.69. The van der Waals surface area contributed by atoms with E-state index in [4.69, 9.17) is 4.74 Å². The molecule has 11 heteroatoms. The Morgan fingerprint density at radius 3 is 2.83 bits per heavy atom. The van der Waals surface area contributed by atoms with Gasteiger partial charge >= 0.3 is 12.1 Å². The number of carboxylic acid groups (broad SMARTS) is 1. The van der Waals surface area contributed by atoms with Gasteiger partial charge in [-0.2, -0.15) is 5.10 Å². The van der Waals surface area contributed by atoms with Crippen LogP contribution in [0.3, 0.4) is 0 Å². The van der Waals surface area contributed by atoms with Crippen LogP contribution < -0.4 is 10.2 Å². The molecule has 2 atom stereocenters. The lowest BCUT2D eigenvalue weighted by Crippen LogP contribution is -2.36. The molecule has 3 aromatic rings. The number of rotatable bonds is 6. The van der Waals surface area contributed by atoms with E-state index in [2.05, 4.69) is 20.4 Å². The molecule has 0 saturated carbocycles. The predicted molar refractivity (Wildman–Crippen MR) is 131 cm³/mol. The minimum absolute atomic E-state index is 0.00937. The van der Waals surface area contributed by atoms with Crippen LogP contribution in [-0.2, 0) is 4.74 Å². The molecule has 4 heterocycles. The second-order valence-electron chi connectivity index (χ2n) is 9.69. The van der Waals surface area contributed by atoms with Crippen molar-refractivity contribution in [1.29, 1.82) is 0 Å². The fourth-order valence-corrected chi connectivity index (χ4v) is 4.18. The molecule has 0 aliphatic carbocycles. The van der Waals surface area contributed by atoms with Crippen molar-refractivity contribution in [2.45, 2.75) is 58.2 Å². The van der Waals surface area contributed by atoms with Gasteiger partial charge in [0, 0.05) is 24.3 Å². The fraction of sp³-hybridized carbons (Fsp3) is 0.400. The monoisotopic (exact) mass is 496 g/mol. The Kier molecular flexibility index (Phi) is 6.91. The molecule has 4 rings (SSSR count). The summed E-state index contributed by atoms with van der Waals surface area (Å²) in [5.74, 6) is -0.989. The fourth-order valence-electron chi connectivity index (χ4n) is 4.18. The number of hydrogen-bond donors (Lipinski definition) is 2. The first-order valence-corrected chi connectivity index (χ1v) is 11.7. The minimum Gasteiger partial charge on any atom is -0.477 e. The van der Waals surface area contributed by atoms with Gasteiger partial charge in [0.2, 0.25) is 0 Å². The standard InChI is InChI=1S/C25H29FN6O4/c1-15(29-24(35)36-25(2,3)4)7-8-19-17(12-16(26)13-27-19)20-6-5-10-31(20)21-9-11-32-22(30-21)18(14-28-32)23(33)34/h7-9,11-15,20H,5-6,10H2,1-4H3,(H,29,35)(H,33,34)/b8-7-/t15-,20?/m1/s1. The van der Waals surface area contributed by atoms with Crippen molar-refractivity contribution in [3.8, 4) is 0 Å². The molecule has 190 valence electrons. The molecule has 0 spiro atoms. The molecule has 1 unspecified atom stereocenters. The highest BCUT2D eigenvalue weighted by Crippen LogP contribution is 2.37. The van der Waals surface area contributed by atoms with E-state index in [1.807, 2.05) is 4.90 Å². The first kappa shape index (κ1) is 25.1. The van der Waals surface area contributed by atoms with Crippen LogP contribution >= 0.6 is 0 Å². The lowest BCUT2D eigenvalue weighted by Gasteiger charge is -2.27. The highest BCUT2D eigenvalue weighted by Gasteiger charge is 2.30. The van der Waals surface area contributed by atoms with Crippen LogP contribution in [0.25, 0.3) is 11.7 Å².